The van der Waals surface area contributed by atoms with Crippen LogP contribution in [-0.4, -0.2) is 15.9 Å². The molecular weight excluding hydrogens is 342 g/mol. The number of hydrogen-bond donors (Lipinski definition) is 2. The lowest BCUT2D eigenvalue weighted by atomic mass is 10.1. The first-order valence-corrected chi connectivity index (χ1v) is 7.89. The molecule has 0 saturated heterocycles. The van der Waals surface area contributed by atoms with Gasteiger partial charge in [-0.25, -0.2) is 4.98 Å². The third-order valence-electron chi connectivity index (χ3n) is 3.57. The molecule has 0 saturated carbocycles. The number of halogens is 1. The van der Waals surface area contributed by atoms with Crippen molar-refractivity contribution in [3.8, 4) is 0 Å². The summed E-state index contributed by atoms with van der Waals surface area (Å²) in [5.74, 6) is 0.565. The minimum atomic E-state index is -0.0246. The maximum atomic E-state index is 12.0. The zero-order valence-electron chi connectivity index (χ0n) is 12.2. The zero-order valence-corrected chi connectivity index (χ0v) is 13.8. The molecule has 3 aromatic rings. The predicted molar refractivity (Wildman–Crippen MR) is 91.9 cm³/mol. The molecule has 5 heteroatoms. The quantitative estimate of drug-likeness (QED) is 0.734. The van der Waals surface area contributed by atoms with Gasteiger partial charge in [0, 0.05) is 28.8 Å². The fraction of sp³-hybridized carbons (Fsp3) is 0.176. The molecule has 0 aliphatic rings. The minimum absolute atomic E-state index is 0.0246. The molecular formula is C17H16BrN3O. The van der Waals surface area contributed by atoms with Gasteiger partial charge >= 0.3 is 0 Å². The molecule has 2 heterocycles. The Morgan fingerprint density at radius 3 is 3.00 bits per heavy atom. The Morgan fingerprint density at radius 2 is 2.18 bits per heavy atom. The van der Waals surface area contributed by atoms with Crippen molar-refractivity contribution in [3.05, 3.63) is 58.3 Å². The van der Waals surface area contributed by atoms with Crippen LogP contribution in [0.5, 0.6) is 0 Å². The normalized spacial score (nSPS) is 10.8. The summed E-state index contributed by atoms with van der Waals surface area (Å²) in [7, 11) is 0. The Hall–Kier alpha value is -2.14. The molecule has 2 aromatic heterocycles. The second-order valence-corrected chi connectivity index (χ2v) is 6.12. The topological polar surface area (TPSA) is 57.8 Å². The van der Waals surface area contributed by atoms with E-state index in [1.54, 1.807) is 6.20 Å². The van der Waals surface area contributed by atoms with E-state index in [1.165, 1.54) is 5.39 Å². The number of rotatable bonds is 4. The number of fused-ring (bicyclic) bond motifs is 1. The van der Waals surface area contributed by atoms with Crippen molar-refractivity contribution < 1.29 is 4.79 Å². The molecule has 4 nitrogen and oxygen atoms in total. The number of H-pyrrole nitrogens is 1. The van der Waals surface area contributed by atoms with Crippen molar-refractivity contribution in [3.63, 3.8) is 0 Å². The van der Waals surface area contributed by atoms with Gasteiger partial charge in [-0.1, -0.05) is 6.07 Å². The van der Waals surface area contributed by atoms with Crippen molar-refractivity contribution in [1.29, 1.82) is 0 Å². The molecule has 0 radical (unpaired) electrons. The summed E-state index contributed by atoms with van der Waals surface area (Å²) in [4.78, 5) is 19.4. The third kappa shape index (κ3) is 3.36. The Balaban J connectivity index is 1.60. The van der Waals surface area contributed by atoms with E-state index >= 15 is 0 Å². The first-order chi connectivity index (χ1) is 10.6. The van der Waals surface area contributed by atoms with E-state index < -0.39 is 0 Å². The highest BCUT2D eigenvalue weighted by Crippen LogP contribution is 2.18. The van der Waals surface area contributed by atoms with Gasteiger partial charge in [-0.2, -0.15) is 0 Å². The summed E-state index contributed by atoms with van der Waals surface area (Å²) < 4.78 is 0.935. The van der Waals surface area contributed by atoms with Crippen LogP contribution in [0.1, 0.15) is 17.5 Å². The Bertz CT molecular complexity index is 826. The van der Waals surface area contributed by atoms with Crippen molar-refractivity contribution in [2.45, 2.75) is 19.8 Å². The Morgan fingerprint density at radius 1 is 1.32 bits per heavy atom. The maximum absolute atomic E-state index is 12.0. The Labute approximate surface area is 137 Å². The van der Waals surface area contributed by atoms with Gasteiger partial charge in [-0.15, -0.1) is 0 Å². The van der Waals surface area contributed by atoms with E-state index in [-0.39, 0.29) is 5.91 Å². The van der Waals surface area contributed by atoms with Gasteiger partial charge in [0.05, 0.1) is 0 Å². The minimum Gasteiger partial charge on any atom is -0.361 e. The lowest BCUT2D eigenvalue weighted by molar-refractivity contribution is -0.116. The van der Waals surface area contributed by atoms with Gasteiger partial charge in [0.15, 0.2) is 0 Å². The number of amides is 1. The number of aryl methyl sites for hydroxylation is 2. The molecule has 0 fully saturated rings. The van der Waals surface area contributed by atoms with Gasteiger partial charge in [-0.3, -0.25) is 4.79 Å². The average molecular weight is 358 g/mol. The van der Waals surface area contributed by atoms with Crippen molar-refractivity contribution in [2.75, 3.05) is 5.32 Å². The fourth-order valence-corrected chi connectivity index (χ4v) is 2.55. The van der Waals surface area contributed by atoms with E-state index in [0.717, 1.165) is 21.1 Å². The van der Waals surface area contributed by atoms with Crippen LogP contribution in [0.4, 0.5) is 5.82 Å². The average Bonchev–Trinajstić information content (AvgIpc) is 2.96. The van der Waals surface area contributed by atoms with Gasteiger partial charge in [0.1, 0.15) is 5.82 Å². The molecule has 2 N–H and O–H groups in total. The first kappa shape index (κ1) is 14.8. The summed E-state index contributed by atoms with van der Waals surface area (Å²) >= 11 is 3.40. The molecule has 0 aliphatic heterocycles. The van der Waals surface area contributed by atoms with E-state index in [0.29, 0.717) is 18.7 Å². The second kappa shape index (κ2) is 6.32. The zero-order chi connectivity index (χ0) is 15.5. The lowest BCUT2D eigenvalue weighted by Gasteiger charge is -2.06. The van der Waals surface area contributed by atoms with Crippen LogP contribution in [0.3, 0.4) is 0 Å². The van der Waals surface area contributed by atoms with Crippen LogP contribution in [0, 0.1) is 6.92 Å². The highest BCUT2D eigenvalue weighted by Gasteiger charge is 2.06. The van der Waals surface area contributed by atoms with Crippen LogP contribution in [-0.2, 0) is 11.2 Å². The van der Waals surface area contributed by atoms with E-state index in [2.05, 4.69) is 37.3 Å². The number of pyridine rings is 1. The summed E-state index contributed by atoms with van der Waals surface area (Å²) in [6, 6.07) is 10.1. The summed E-state index contributed by atoms with van der Waals surface area (Å²) in [6.45, 7) is 1.97. The van der Waals surface area contributed by atoms with Crippen LogP contribution in [0.15, 0.2) is 47.2 Å². The summed E-state index contributed by atoms with van der Waals surface area (Å²) in [5.41, 5.74) is 3.31. The maximum Gasteiger partial charge on any atom is 0.225 e. The van der Waals surface area contributed by atoms with Crippen LogP contribution in [0.2, 0.25) is 0 Å². The number of carbonyl (C=O) groups is 1. The number of aromatic amines is 1. The van der Waals surface area contributed by atoms with Gasteiger partial charge in [-0.05, 0) is 70.1 Å². The standard InChI is InChI=1S/C17H16BrN3O/c1-11-8-16(20-10-14(11)18)21-17(22)5-3-12-2-4-15-13(9-12)6-7-19-15/h2,4,6-10,19H,3,5H2,1H3,(H,20,21,22). The fourth-order valence-electron chi connectivity index (χ4n) is 2.33. The molecule has 22 heavy (non-hydrogen) atoms. The lowest BCUT2D eigenvalue weighted by Crippen LogP contribution is -2.13. The number of aromatic nitrogens is 2. The van der Waals surface area contributed by atoms with Gasteiger partial charge in [0.25, 0.3) is 0 Å². The van der Waals surface area contributed by atoms with Crippen molar-refractivity contribution >= 4 is 38.6 Å². The Kier molecular flexibility index (Phi) is 4.24. The van der Waals surface area contributed by atoms with E-state index in [9.17, 15) is 4.79 Å². The SMILES string of the molecule is Cc1cc(NC(=O)CCc2ccc3[nH]ccc3c2)ncc1Br. The van der Waals surface area contributed by atoms with E-state index in [1.807, 2.05) is 37.4 Å². The highest BCUT2D eigenvalue weighted by molar-refractivity contribution is 9.10. The third-order valence-corrected chi connectivity index (χ3v) is 4.40. The second-order valence-electron chi connectivity index (χ2n) is 5.27. The number of carbonyl (C=O) groups excluding carboxylic acids is 1. The molecule has 3 rings (SSSR count). The predicted octanol–water partition coefficient (Wildman–Crippen LogP) is 4.21. The van der Waals surface area contributed by atoms with Crippen molar-refractivity contribution in [2.24, 2.45) is 0 Å². The molecule has 1 aromatic carbocycles. The van der Waals surface area contributed by atoms with Crippen LogP contribution >= 0.6 is 15.9 Å². The molecule has 0 spiro atoms. The molecule has 112 valence electrons. The smallest absolute Gasteiger partial charge is 0.225 e. The molecule has 0 bridgehead atoms. The van der Waals surface area contributed by atoms with Gasteiger partial charge in [0.2, 0.25) is 5.91 Å². The monoisotopic (exact) mass is 357 g/mol. The number of nitrogens with one attached hydrogen (secondary N) is 2. The summed E-state index contributed by atoms with van der Waals surface area (Å²) in [6.07, 6.45) is 4.77. The largest absolute Gasteiger partial charge is 0.361 e. The number of nitrogens with zero attached hydrogens (tertiary/aromatic N) is 1. The molecule has 0 atom stereocenters. The van der Waals surface area contributed by atoms with Crippen molar-refractivity contribution in [1.82, 2.24) is 9.97 Å². The highest BCUT2D eigenvalue weighted by atomic mass is 79.9. The number of hydrogen-bond acceptors (Lipinski definition) is 2. The first-order valence-electron chi connectivity index (χ1n) is 7.10. The molecule has 0 aliphatic carbocycles. The summed E-state index contributed by atoms with van der Waals surface area (Å²) in [5, 5.41) is 4.00. The number of benzene rings is 1. The molecule has 1 amide bonds. The number of anilines is 1. The van der Waals surface area contributed by atoms with E-state index in [4.69, 9.17) is 0 Å². The molecule has 0 unspecified atom stereocenters. The van der Waals surface area contributed by atoms with Gasteiger partial charge < -0.3 is 10.3 Å². The van der Waals surface area contributed by atoms with Crippen LogP contribution < -0.4 is 5.32 Å². The van der Waals surface area contributed by atoms with Crippen LogP contribution in [0.25, 0.3) is 10.9 Å².